The largest absolute Gasteiger partial charge is 0.491 e. The Labute approximate surface area is 109 Å². The van der Waals surface area contributed by atoms with E-state index in [9.17, 15) is 0 Å². The lowest BCUT2D eigenvalue weighted by molar-refractivity contribution is 0.0806. The third-order valence-corrected chi connectivity index (χ3v) is 3.24. The van der Waals surface area contributed by atoms with Crippen LogP contribution in [0.25, 0.3) is 0 Å². The molecule has 2 unspecified atom stereocenters. The first-order valence-electron chi connectivity index (χ1n) is 6.76. The maximum absolute atomic E-state index is 5.78. The van der Waals surface area contributed by atoms with Gasteiger partial charge in [-0.1, -0.05) is 12.1 Å². The molecule has 0 saturated carbocycles. The fourth-order valence-electron chi connectivity index (χ4n) is 2.49. The molecule has 1 aromatic carbocycles. The fourth-order valence-corrected chi connectivity index (χ4v) is 2.49. The topological polar surface area (TPSA) is 30.5 Å². The van der Waals surface area contributed by atoms with Crippen LogP contribution in [-0.2, 0) is 4.74 Å². The van der Waals surface area contributed by atoms with Gasteiger partial charge in [-0.2, -0.15) is 0 Å². The fraction of sp³-hybridized carbons (Fsp3) is 0.600. The molecule has 1 saturated heterocycles. The van der Waals surface area contributed by atoms with Gasteiger partial charge in [-0.3, -0.25) is 0 Å². The van der Waals surface area contributed by atoms with Crippen LogP contribution in [-0.4, -0.2) is 25.9 Å². The molecule has 1 heterocycles. The summed E-state index contributed by atoms with van der Waals surface area (Å²) in [5.74, 6) is 0.931. The molecule has 1 aliphatic heterocycles. The average molecular weight is 249 g/mol. The van der Waals surface area contributed by atoms with Crippen molar-refractivity contribution in [1.29, 1.82) is 0 Å². The maximum atomic E-state index is 5.78. The van der Waals surface area contributed by atoms with Crippen LogP contribution in [0.3, 0.4) is 0 Å². The van der Waals surface area contributed by atoms with Gasteiger partial charge in [0.25, 0.3) is 0 Å². The van der Waals surface area contributed by atoms with Gasteiger partial charge in [0.2, 0.25) is 0 Å². The van der Waals surface area contributed by atoms with Crippen molar-refractivity contribution >= 4 is 0 Å². The van der Waals surface area contributed by atoms with Crippen molar-refractivity contribution in [3.05, 3.63) is 29.8 Å². The van der Waals surface area contributed by atoms with E-state index >= 15 is 0 Å². The molecule has 3 nitrogen and oxygen atoms in total. The molecular weight excluding hydrogens is 226 g/mol. The van der Waals surface area contributed by atoms with Gasteiger partial charge in [-0.25, -0.2) is 0 Å². The van der Waals surface area contributed by atoms with E-state index in [2.05, 4.69) is 17.4 Å². The Morgan fingerprint density at radius 3 is 2.83 bits per heavy atom. The number of ether oxygens (including phenoxy) is 2. The third kappa shape index (κ3) is 3.24. The van der Waals surface area contributed by atoms with Crippen LogP contribution in [0.1, 0.15) is 38.3 Å². The van der Waals surface area contributed by atoms with Gasteiger partial charge in [-0.15, -0.1) is 0 Å². The summed E-state index contributed by atoms with van der Waals surface area (Å²) in [6, 6.07) is 8.56. The Morgan fingerprint density at radius 2 is 2.22 bits per heavy atom. The molecule has 3 heteroatoms. The van der Waals surface area contributed by atoms with Gasteiger partial charge in [0.05, 0.1) is 18.2 Å². The molecule has 18 heavy (non-hydrogen) atoms. The Bertz CT molecular complexity index is 373. The predicted octanol–water partition coefficient (Wildman–Crippen LogP) is 2.91. The molecule has 0 aromatic heterocycles. The van der Waals surface area contributed by atoms with Gasteiger partial charge in [0, 0.05) is 6.61 Å². The molecular formula is C15H23NO2. The van der Waals surface area contributed by atoms with Crippen LogP contribution in [0.4, 0.5) is 0 Å². The van der Waals surface area contributed by atoms with Gasteiger partial charge in [-0.05, 0) is 51.4 Å². The van der Waals surface area contributed by atoms with Crippen molar-refractivity contribution in [2.45, 2.75) is 44.9 Å². The molecule has 100 valence electrons. The molecule has 1 N–H and O–H groups in total. The van der Waals surface area contributed by atoms with Crippen molar-refractivity contribution in [2.24, 2.45) is 0 Å². The normalized spacial score (nSPS) is 21.2. The zero-order valence-electron chi connectivity index (χ0n) is 11.5. The van der Waals surface area contributed by atoms with E-state index in [1.807, 2.05) is 33.0 Å². The molecule has 0 spiro atoms. The Morgan fingerprint density at radius 1 is 1.39 bits per heavy atom. The Hall–Kier alpha value is -1.06. The van der Waals surface area contributed by atoms with Gasteiger partial charge >= 0.3 is 0 Å². The highest BCUT2D eigenvalue weighted by Gasteiger charge is 2.26. The van der Waals surface area contributed by atoms with E-state index in [1.165, 1.54) is 5.56 Å². The number of nitrogens with one attached hydrogen (secondary N) is 1. The minimum Gasteiger partial charge on any atom is -0.491 e. The Kier molecular flexibility index (Phi) is 4.61. The average Bonchev–Trinajstić information content (AvgIpc) is 2.83. The SMILES string of the molecule is CNC(c1cccc(OC(C)C)c1)C1CCCO1. The van der Waals surface area contributed by atoms with E-state index < -0.39 is 0 Å². The summed E-state index contributed by atoms with van der Waals surface area (Å²) in [6.45, 7) is 4.97. The van der Waals surface area contributed by atoms with Crippen molar-refractivity contribution in [3.63, 3.8) is 0 Å². The Balaban J connectivity index is 2.14. The standard InChI is InChI=1S/C15H23NO2/c1-11(2)18-13-7-4-6-12(10-13)15(16-3)14-8-5-9-17-14/h4,6-7,10-11,14-16H,5,8-9H2,1-3H3. The summed E-state index contributed by atoms with van der Waals surface area (Å²) in [5, 5.41) is 3.36. The summed E-state index contributed by atoms with van der Waals surface area (Å²) in [7, 11) is 1.99. The summed E-state index contributed by atoms with van der Waals surface area (Å²) in [5.41, 5.74) is 1.24. The van der Waals surface area contributed by atoms with Gasteiger partial charge < -0.3 is 14.8 Å². The summed E-state index contributed by atoms with van der Waals surface area (Å²) < 4.78 is 11.5. The first kappa shape index (κ1) is 13.4. The van der Waals surface area contributed by atoms with E-state index in [-0.39, 0.29) is 18.2 Å². The molecule has 1 fully saturated rings. The maximum Gasteiger partial charge on any atom is 0.120 e. The minimum absolute atomic E-state index is 0.205. The number of hydrogen-bond acceptors (Lipinski definition) is 3. The second-order valence-electron chi connectivity index (χ2n) is 5.06. The van der Waals surface area contributed by atoms with Crippen LogP contribution in [0, 0.1) is 0 Å². The van der Waals surface area contributed by atoms with E-state index in [0.717, 1.165) is 25.2 Å². The lowest BCUT2D eigenvalue weighted by Crippen LogP contribution is -2.28. The number of rotatable bonds is 5. The molecule has 0 amide bonds. The number of benzene rings is 1. The molecule has 1 aromatic rings. The van der Waals surface area contributed by atoms with Crippen molar-refractivity contribution in [3.8, 4) is 5.75 Å². The van der Waals surface area contributed by atoms with Crippen LogP contribution in [0.2, 0.25) is 0 Å². The predicted molar refractivity (Wildman–Crippen MR) is 73.0 cm³/mol. The molecule has 1 aliphatic rings. The van der Waals surface area contributed by atoms with E-state index in [0.29, 0.717) is 0 Å². The first-order chi connectivity index (χ1) is 8.70. The highest BCUT2D eigenvalue weighted by atomic mass is 16.5. The summed E-state index contributed by atoms with van der Waals surface area (Å²) in [4.78, 5) is 0. The zero-order chi connectivity index (χ0) is 13.0. The van der Waals surface area contributed by atoms with Gasteiger partial charge in [0.15, 0.2) is 0 Å². The molecule has 0 bridgehead atoms. The monoisotopic (exact) mass is 249 g/mol. The molecule has 0 aliphatic carbocycles. The number of likely N-dealkylation sites (N-methyl/N-ethyl adjacent to an activating group) is 1. The summed E-state index contributed by atoms with van der Waals surface area (Å²) in [6.07, 6.45) is 2.77. The first-order valence-corrected chi connectivity index (χ1v) is 6.76. The molecule has 2 atom stereocenters. The quantitative estimate of drug-likeness (QED) is 0.870. The second kappa shape index (κ2) is 6.21. The minimum atomic E-state index is 0.205. The van der Waals surface area contributed by atoms with Crippen molar-refractivity contribution in [1.82, 2.24) is 5.32 Å². The van der Waals surface area contributed by atoms with Crippen LogP contribution < -0.4 is 10.1 Å². The van der Waals surface area contributed by atoms with Crippen LogP contribution in [0.5, 0.6) is 5.75 Å². The molecule has 0 radical (unpaired) electrons. The zero-order valence-corrected chi connectivity index (χ0v) is 11.5. The lowest BCUT2D eigenvalue weighted by atomic mass is 9.99. The van der Waals surface area contributed by atoms with Gasteiger partial charge in [0.1, 0.15) is 5.75 Å². The second-order valence-corrected chi connectivity index (χ2v) is 5.06. The highest BCUT2D eigenvalue weighted by molar-refractivity contribution is 5.31. The van der Waals surface area contributed by atoms with Crippen LogP contribution in [0.15, 0.2) is 24.3 Å². The van der Waals surface area contributed by atoms with E-state index in [4.69, 9.17) is 9.47 Å². The molecule has 2 rings (SSSR count). The third-order valence-electron chi connectivity index (χ3n) is 3.24. The smallest absolute Gasteiger partial charge is 0.120 e. The van der Waals surface area contributed by atoms with Crippen LogP contribution >= 0.6 is 0 Å². The highest BCUT2D eigenvalue weighted by Crippen LogP contribution is 2.28. The van der Waals surface area contributed by atoms with Crippen molar-refractivity contribution < 1.29 is 9.47 Å². The lowest BCUT2D eigenvalue weighted by Gasteiger charge is -2.23. The summed E-state index contributed by atoms with van der Waals surface area (Å²) >= 11 is 0. The van der Waals surface area contributed by atoms with Crippen molar-refractivity contribution in [2.75, 3.05) is 13.7 Å². The number of hydrogen-bond donors (Lipinski definition) is 1. The van der Waals surface area contributed by atoms with E-state index in [1.54, 1.807) is 0 Å².